The number of carbonyl (C=O) groups excluding carboxylic acids is 1. The molecule has 1 unspecified atom stereocenters. The summed E-state index contributed by atoms with van der Waals surface area (Å²) in [5.41, 5.74) is -0.444. The first kappa shape index (κ1) is 13.9. The van der Waals surface area contributed by atoms with Gasteiger partial charge in [-0.3, -0.25) is 0 Å². The van der Waals surface area contributed by atoms with Crippen molar-refractivity contribution < 1.29 is 22.7 Å². The molecule has 0 aromatic carbocycles. The summed E-state index contributed by atoms with van der Waals surface area (Å²) in [5, 5.41) is 3.01. The zero-order valence-electron chi connectivity index (χ0n) is 9.71. The lowest BCUT2D eigenvalue weighted by Gasteiger charge is -2.23. The van der Waals surface area contributed by atoms with Gasteiger partial charge in [0.05, 0.1) is 5.41 Å². The maximum Gasteiger partial charge on any atom is 0.490 e. The minimum Gasteiger partial charge on any atom is -0.458 e. The molecule has 0 spiro atoms. The Morgan fingerprint density at radius 2 is 2.26 bits per heavy atom. The minimum absolute atomic E-state index is 0.126. The smallest absolute Gasteiger partial charge is 0.458 e. The van der Waals surface area contributed by atoms with E-state index in [0.29, 0.717) is 11.4 Å². The van der Waals surface area contributed by atoms with Crippen LogP contribution < -0.4 is 5.32 Å². The van der Waals surface area contributed by atoms with Gasteiger partial charge in [-0.05, 0) is 0 Å². The number of hydrogen-bond acceptors (Lipinski definition) is 5. The van der Waals surface area contributed by atoms with Gasteiger partial charge in [0.1, 0.15) is 23.9 Å². The number of esters is 1. The first-order chi connectivity index (χ1) is 8.74. The van der Waals surface area contributed by atoms with Crippen molar-refractivity contribution in [2.24, 2.45) is 0 Å². The molecule has 0 saturated carbocycles. The molecule has 1 aromatic heterocycles. The average Bonchev–Trinajstić information content (AvgIpc) is 2.65. The number of anilines is 1. The van der Waals surface area contributed by atoms with Crippen LogP contribution in [0.3, 0.4) is 0 Å². The molecular weight excluding hydrogens is 287 g/mol. The van der Waals surface area contributed by atoms with Crippen LogP contribution in [-0.4, -0.2) is 35.3 Å². The number of nitrogens with one attached hydrogen (secondary N) is 1. The molecule has 0 fully saturated rings. The number of carbonyl (C=O) groups is 1. The molecule has 19 heavy (non-hydrogen) atoms. The summed E-state index contributed by atoms with van der Waals surface area (Å²) in [5.74, 6) is -1.79. The lowest BCUT2D eigenvalue weighted by molar-refractivity contribution is -0.201. The van der Waals surface area contributed by atoms with Crippen molar-refractivity contribution in [3.8, 4) is 0 Å². The van der Waals surface area contributed by atoms with Crippen molar-refractivity contribution in [3.05, 3.63) is 17.0 Å². The number of halogens is 4. The summed E-state index contributed by atoms with van der Waals surface area (Å²) in [6, 6.07) is 0. The summed E-state index contributed by atoms with van der Waals surface area (Å²) in [4.78, 5) is 18.4. The van der Waals surface area contributed by atoms with Crippen molar-refractivity contribution >= 4 is 23.4 Å². The third-order valence-corrected chi connectivity index (χ3v) is 3.09. The van der Waals surface area contributed by atoms with Crippen molar-refractivity contribution in [2.45, 2.75) is 18.5 Å². The molecule has 1 atom stereocenters. The SMILES string of the molecule is CC1(COC(=O)C(F)(F)F)CNc2ncnc(Cl)c21. The van der Waals surface area contributed by atoms with Gasteiger partial charge in [0, 0.05) is 12.1 Å². The lowest BCUT2D eigenvalue weighted by atomic mass is 9.87. The van der Waals surface area contributed by atoms with Crippen molar-refractivity contribution in [1.82, 2.24) is 9.97 Å². The summed E-state index contributed by atoms with van der Waals surface area (Å²) in [7, 11) is 0. The molecular formula is C10H9ClF3N3O2. The van der Waals surface area contributed by atoms with Crippen LogP contribution in [0.2, 0.25) is 5.15 Å². The summed E-state index contributed by atoms with van der Waals surface area (Å²) in [6.45, 7) is 1.41. The molecule has 1 aromatic rings. The summed E-state index contributed by atoms with van der Waals surface area (Å²) < 4.78 is 40.5. The lowest BCUT2D eigenvalue weighted by Crippen LogP contribution is -2.35. The number of ether oxygens (including phenoxy) is 1. The van der Waals surface area contributed by atoms with E-state index in [-0.39, 0.29) is 11.7 Å². The molecule has 9 heteroatoms. The maximum absolute atomic E-state index is 12.1. The van der Waals surface area contributed by atoms with Gasteiger partial charge in [0.25, 0.3) is 0 Å². The van der Waals surface area contributed by atoms with E-state index in [1.807, 2.05) is 0 Å². The van der Waals surface area contributed by atoms with E-state index in [9.17, 15) is 18.0 Å². The van der Waals surface area contributed by atoms with Crippen molar-refractivity contribution in [3.63, 3.8) is 0 Å². The third-order valence-electron chi connectivity index (χ3n) is 2.80. The Bertz CT molecular complexity index is 523. The Morgan fingerprint density at radius 3 is 2.89 bits per heavy atom. The molecule has 0 aliphatic carbocycles. The van der Waals surface area contributed by atoms with Crippen LogP contribution >= 0.6 is 11.6 Å². The van der Waals surface area contributed by atoms with E-state index in [2.05, 4.69) is 20.0 Å². The third kappa shape index (κ3) is 2.58. The summed E-state index contributed by atoms with van der Waals surface area (Å²) >= 11 is 5.91. The van der Waals surface area contributed by atoms with E-state index in [4.69, 9.17) is 11.6 Å². The number of aromatic nitrogens is 2. The van der Waals surface area contributed by atoms with E-state index in [1.54, 1.807) is 6.92 Å². The fourth-order valence-corrected chi connectivity index (χ4v) is 2.19. The highest BCUT2D eigenvalue weighted by Crippen LogP contribution is 2.39. The van der Waals surface area contributed by atoms with Gasteiger partial charge in [0.15, 0.2) is 0 Å². The Labute approximate surface area is 111 Å². The number of rotatable bonds is 2. The van der Waals surface area contributed by atoms with E-state index in [0.717, 1.165) is 0 Å². The molecule has 1 aliphatic heterocycles. The molecule has 2 rings (SSSR count). The fourth-order valence-electron chi connectivity index (χ4n) is 1.83. The highest BCUT2D eigenvalue weighted by Gasteiger charge is 2.44. The molecule has 104 valence electrons. The molecule has 0 bridgehead atoms. The minimum atomic E-state index is -5.01. The Balaban J connectivity index is 2.17. The molecule has 1 aliphatic rings. The van der Waals surface area contributed by atoms with Crippen LogP contribution in [0.1, 0.15) is 12.5 Å². The Morgan fingerprint density at radius 1 is 1.58 bits per heavy atom. The topological polar surface area (TPSA) is 64.1 Å². The zero-order valence-corrected chi connectivity index (χ0v) is 10.5. The second kappa shape index (κ2) is 4.52. The average molecular weight is 296 g/mol. The molecule has 0 saturated heterocycles. The van der Waals surface area contributed by atoms with Crippen LogP contribution in [0.5, 0.6) is 0 Å². The quantitative estimate of drug-likeness (QED) is 0.667. The second-order valence-corrected chi connectivity index (χ2v) is 4.73. The van der Waals surface area contributed by atoms with E-state index in [1.165, 1.54) is 6.33 Å². The molecule has 2 heterocycles. The molecule has 5 nitrogen and oxygen atoms in total. The van der Waals surface area contributed by atoms with Crippen molar-refractivity contribution in [1.29, 1.82) is 0 Å². The predicted octanol–water partition coefficient (Wildman–Crippen LogP) is 1.92. The van der Waals surface area contributed by atoms with Gasteiger partial charge in [-0.2, -0.15) is 13.2 Å². The molecule has 0 amide bonds. The number of nitrogens with zero attached hydrogens (tertiary/aromatic N) is 2. The van der Waals surface area contributed by atoms with Crippen LogP contribution in [0, 0.1) is 0 Å². The highest BCUT2D eigenvalue weighted by atomic mass is 35.5. The van der Waals surface area contributed by atoms with Gasteiger partial charge in [-0.15, -0.1) is 0 Å². The number of fused-ring (bicyclic) bond motifs is 1. The van der Waals surface area contributed by atoms with Crippen LogP contribution in [0.4, 0.5) is 19.0 Å². The van der Waals surface area contributed by atoms with Crippen LogP contribution in [0.25, 0.3) is 0 Å². The van der Waals surface area contributed by atoms with Gasteiger partial charge < -0.3 is 10.1 Å². The maximum atomic E-state index is 12.1. The van der Waals surface area contributed by atoms with Gasteiger partial charge in [0.2, 0.25) is 0 Å². The second-order valence-electron chi connectivity index (χ2n) is 4.38. The zero-order chi connectivity index (χ0) is 14.3. The summed E-state index contributed by atoms with van der Waals surface area (Å²) in [6.07, 6.45) is -3.77. The Hall–Kier alpha value is -1.57. The first-order valence-electron chi connectivity index (χ1n) is 5.23. The standard InChI is InChI=1S/C10H9ClF3N3O2/c1-9(3-19-8(18)10(12,13)14)2-15-7-5(9)6(11)16-4-17-7/h4H,2-3H2,1H3,(H,15,16,17). The molecule has 1 N–H and O–H groups in total. The first-order valence-corrected chi connectivity index (χ1v) is 5.61. The predicted molar refractivity (Wildman–Crippen MR) is 59.9 cm³/mol. The van der Waals surface area contributed by atoms with Crippen molar-refractivity contribution in [2.75, 3.05) is 18.5 Å². The number of hydrogen-bond donors (Lipinski definition) is 1. The highest BCUT2D eigenvalue weighted by molar-refractivity contribution is 6.30. The monoisotopic (exact) mass is 295 g/mol. The number of alkyl halides is 3. The normalized spacial score (nSPS) is 21.7. The molecule has 0 radical (unpaired) electrons. The van der Waals surface area contributed by atoms with Gasteiger partial charge >= 0.3 is 12.1 Å². The van der Waals surface area contributed by atoms with Crippen LogP contribution in [0.15, 0.2) is 6.33 Å². The van der Waals surface area contributed by atoms with Crippen LogP contribution in [-0.2, 0) is 14.9 Å². The van der Waals surface area contributed by atoms with E-state index < -0.39 is 24.2 Å². The van der Waals surface area contributed by atoms with Gasteiger partial charge in [-0.1, -0.05) is 18.5 Å². The fraction of sp³-hybridized carbons (Fsp3) is 0.500. The largest absolute Gasteiger partial charge is 0.490 e. The van der Waals surface area contributed by atoms with Gasteiger partial charge in [-0.25, -0.2) is 14.8 Å². The Kier molecular flexibility index (Phi) is 3.29. The van der Waals surface area contributed by atoms with E-state index >= 15 is 0 Å².